The van der Waals surface area contributed by atoms with Gasteiger partial charge in [-0.05, 0) is 19.3 Å². The number of nitrogens with one attached hydrogen (secondary N) is 3. The maximum Gasteiger partial charge on any atom is 0.315 e. The smallest absolute Gasteiger partial charge is 0.315 e. The van der Waals surface area contributed by atoms with Gasteiger partial charge in [-0.2, -0.15) is 0 Å². The van der Waals surface area contributed by atoms with Crippen molar-refractivity contribution in [2.75, 3.05) is 20.2 Å². The van der Waals surface area contributed by atoms with E-state index < -0.39 is 5.54 Å². The van der Waals surface area contributed by atoms with Crippen LogP contribution in [0.4, 0.5) is 4.79 Å². The van der Waals surface area contributed by atoms with Crippen molar-refractivity contribution < 1.29 is 19.1 Å². The van der Waals surface area contributed by atoms with Crippen LogP contribution < -0.4 is 16.0 Å². The van der Waals surface area contributed by atoms with Gasteiger partial charge in [0.05, 0.1) is 13.5 Å². The van der Waals surface area contributed by atoms with Crippen LogP contribution in [0.5, 0.6) is 0 Å². The van der Waals surface area contributed by atoms with Crippen molar-refractivity contribution in [1.82, 2.24) is 16.0 Å². The van der Waals surface area contributed by atoms with Crippen molar-refractivity contribution in [1.29, 1.82) is 0 Å². The van der Waals surface area contributed by atoms with E-state index in [4.69, 9.17) is 0 Å². The van der Waals surface area contributed by atoms with E-state index in [1.807, 2.05) is 0 Å². The average molecular weight is 327 g/mol. The molecule has 132 valence electrons. The standard InChI is InChI=1S/C16H29N3O4/c1-3-4-11-18-15(22)19-16(9-6-5-7-10-16)14(21)17-12-8-13(20)23-2/h3-12H2,1-2H3,(H,17,21)(H2,18,19,22). The van der Waals surface area contributed by atoms with Crippen molar-refractivity contribution >= 4 is 17.9 Å². The molecule has 0 aromatic heterocycles. The Morgan fingerprint density at radius 1 is 1.04 bits per heavy atom. The fourth-order valence-corrected chi connectivity index (χ4v) is 2.75. The number of carbonyl (C=O) groups is 3. The predicted octanol–water partition coefficient (Wildman–Crippen LogP) is 1.47. The molecule has 1 saturated carbocycles. The summed E-state index contributed by atoms with van der Waals surface area (Å²) < 4.78 is 4.55. The second-order valence-electron chi connectivity index (χ2n) is 5.96. The van der Waals surface area contributed by atoms with Crippen molar-refractivity contribution in [2.24, 2.45) is 0 Å². The fraction of sp³-hybridized carbons (Fsp3) is 0.812. The van der Waals surface area contributed by atoms with Gasteiger partial charge in [-0.25, -0.2) is 4.79 Å². The lowest BCUT2D eigenvalue weighted by molar-refractivity contribution is -0.140. The number of rotatable bonds is 8. The summed E-state index contributed by atoms with van der Waals surface area (Å²) in [7, 11) is 1.31. The number of esters is 1. The molecule has 0 aliphatic heterocycles. The molecule has 0 atom stereocenters. The van der Waals surface area contributed by atoms with Gasteiger partial charge in [0.2, 0.25) is 5.91 Å². The second-order valence-corrected chi connectivity index (χ2v) is 5.96. The van der Waals surface area contributed by atoms with E-state index in [0.29, 0.717) is 19.4 Å². The lowest BCUT2D eigenvalue weighted by atomic mass is 9.81. The lowest BCUT2D eigenvalue weighted by Crippen LogP contribution is -2.61. The van der Waals surface area contributed by atoms with Gasteiger partial charge >= 0.3 is 12.0 Å². The monoisotopic (exact) mass is 327 g/mol. The van der Waals surface area contributed by atoms with Crippen LogP contribution in [0.15, 0.2) is 0 Å². The van der Waals surface area contributed by atoms with Gasteiger partial charge in [0.1, 0.15) is 5.54 Å². The van der Waals surface area contributed by atoms with Gasteiger partial charge < -0.3 is 20.7 Å². The molecule has 1 aliphatic carbocycles. The van der Waals surface area contributed by atoms with Crippen LogP contribution in [0.2, 0.25) is 0 Å². The van der Waals surface area contributed by atoms with Crippen LogP contribution in [0.1, 0.15) is 58.3 Å². The summed E-state index contributed by atoms with van der Waals surface area (Å²) in [6.45, 7) is 2.87. The van der Waals surface area contributed by atoms with Crippen LogP contribution in [-0.4, -0.2) is 43.6 Å². The summed E-state index contributed by atoms with van der Waals surface area (Å²) in [4.78, 5) is 35.7. The summed E-state index contributed by atoms with van der Waals surface area (Å²) in [5.74, 6) is -0.583. The highest BCUT2D eigenvalue weighted by Crippen LogP contribution is 2.28. The fourth-order valence-electron chi connectivity index (χ4n) is 2.75. The number of hydrogen-bond acceptors (Lipinski definition) is 4. The second kappa shape index (κ2) is 10.1. The summed E-state index contributed by atoms with van der Waals surface area (Å²) >= 11 is 0. The lowest BCUT2D eigenvalue weighted by Gasteiger charge is -2.36. The van der Waals surface area contributed by atoms with Crippen LogP contribution in [-0.2, 0) is 14.3 Å². The van der Waals surface area contributed by atoms with Crippen molar-refractivity contribution in [2.45, 2.75) is 63.8 Å². The van der Waals surface area contributed by atoms with Gasteiger partial charge in [-0.3, -0.25) is 9.59 Å². The number of unbranched alkanes of at least 4 members (excludes halogenated alkanes) is 1. The van der Waals surface area contributed by atoms with Crippen LogP contribution in [0.25, 0.3) is 0 Å². The van der Waals surface area contributed by atoms with Gasteiger partial charge in [0, 0.05) is 13.1 Å². The Bertz CT molecular complexity index is 406. The Morgan fingerprint density at radius 2 is 1.74 bits per heavy atom. The number of urea groups is 1. The highest BCUT2D eigenvalue weighted by Gasteiger charge is 2.40. The van der Waals surface area contributed by atoms with Crippen LogP contribution in [0.3, 0.4) is 0 Å². The summed E-state index contributed by atoms with van der Waals surface area (Å²) in [5.41, 5.74) is -0.870. The number of amides is 3. The van der Waals surface area contributed by atoms with E-state index in [1.165, 1.54) is 7.11 Å². The van der Waals surface area contributed by atoms with E-state index in [0.717, 1.165) is 32.1 Å². The zero-order valence-corrected chi connectivity index (χ0v) is 14.2. The Hall–Kier alpha value is -1.79. The Kier molecular flexibility index (Phi) is 8.43. The highest BCUT2D eigenvalue weighted by molar-refractivity contribution is 5.91. The molecule has 0 radical (unpaired) electrons. The summed E-state index contributed by atoms with van der Waals surface area (Å²) in [5, 5.41) is 8.40. The first-order valence-corrected chi connectivity index (χ1v) is 8.45. The SMILES string of the molecule is CCCCNC(=O)NC1(C(=O)NCCC(=O)OC)CCCCC1. The molecule has 1 fully saturated rings. The maximum atomic E-state index is 12.5. The van der Waals surface area contributed by atoms with Gasteiger partial charge in [-0.1, -0.05) is 32.6 Å². The topological polar surface area (TPSA) is 96.5 Å². The molecule has 3 amide bonds. The summed E-state index contributed by atoms with van der Waals surface area (Å²) in [6, 6.07) is -0.302. The first kappa shape index (κ1) is 19.3. The molecule has 1 aliphatic rings. The predicted molar refractivity (Wildman–Crippen MR) is 86.9 cm³/mol. The van der Waals surface area contributed by atoms with Crippen LogP contribution >= 0.6 is 0 Å². The molecule has 1 rings (SSSR count). The molecular formula is C16H29N3O4. The van der Waals surface area contributed by atoms with Gasteiger partial charge in [0.15, 0.2) is 0 Å². The molecule has 7 nitrogen and oxygen atoms in total. The molecule has 0 saturated heterocycles. The highest BCUT2D eigenvalue weighted by atomic mass is 16.5. The normalized spacial score (nSPS) is 16.3. The number of carbonyl (C=O) groups excluding carboxylic acids is 3. The van der Waals surface area contributed by atoms with E-state index >= 15 is 0 Å². The average Bonchev–Trinajstić information content (AvgIpc) is 2.55. The molecule has 3 N–H and O–H groups in total. The molecule has 0 aromatic carbocycles. The largest absolute Gasteiger partial charge is 0.469 e. The molecule has 0 heterocycles. The van der Waals surface area contributed by atoms with E-state index in [2.05, 4.69) is 27.6 Å². The van der Waals surface area contributed by atoms with Crippen LogP contribution in [0, 0.1) is 0 Å². The van der Waals surface area contributed by atoms with Gasteiger partial charge in [-0.15, -0.1) is 0 Å². The Labute approximate surface area is 137 Å². The third-order valence-corrected chi connectivity index (χ3v) is 4.15. The molecular weight excluding hydrogens is 298 g/mol. The number of hydrogen-bond donors (Lipinski definition) is 3. The number of ether oxygens (including phenoxy) is 1. The van der Waals surface area contributed by atoms with E-state index in [-0.39, 0.29) is 30.9 Å². The van der Waals surface area contributed by atoms with Crippen molar-refractivity contribution in [3.63, 3.8) is 0 Å². The van der Waals surface area contributed by atoms with Gasteiger partial charge in [0.25, 0.3) is 0 Å². The first-order chi connectivity index (χ1) is 11.0. The molecule has 0 unspecified atom stereocenters. The Morgan fingerprint density at radius 3 is 2.35 bits per heavy atom. The third kappa shape index (κ3) is 6.46. The minimum Gasteiger partial charge on any atom is -0.469 e. The molecule has 0 bridgehead atoms. The zero-order valence-electron chi connectivity index (χ0n) is 14.2. The molecule has 0 aromatic rings. The third-order valence-electron chi connectivity index (χ3n) is 4.15. The quantitative estimate of drug-likeness (QED) is 0.464. The number of methoxy groups -OCH3 is 1. The van der Waals surface area contributed by atoms with E-state index in [1.54, 1.807) is 0 Å². The maximum absolute atomic E-state index is 12.5. The zero-order chi connectivity index (χ0) is 17.1. The molecule has 23 heavy (non-hydrogen) atoms. The first-order valence-electron chi connectivity index (χ1n) is 8.45. The molecule has 7 heteroatoms. The Balaban J connectivity index is 2.57. The van der Waals surface area contributed by atoms with Crippen molar-refractivity contribution in [3.8, 4) is 0 Å². The minimum absolute atomic E-state index is 0.126. The summed E-state index contributed by atoms with van der Waals surface area (Å²) in [6.07, 6.45) is 6.15. The molecule has 0 spiro atoms. The van der Waals surface area contributed by atoms with Crippen molar-refractivity contribution in [3.05, 3.63) is 0 Å². The minimum atomic E-state index is -0.870. The van der Waals surface area contributed by atoms with E-state index in [9.17, 15) is 14.4 Å².